The van der Waals surface area contributed by atoms with E-state index in [-0.39, 0.29) is 54.3 Å². The van der Waals surface area contributed by atoms with Gasteiger partial charge < -0.3 is 39.7 Å². The number of azo groups is 2. The molecule has 21 heteroatoms. The summed E-state index contributed by atoms with van der Waals surface area (Å²) in [5.74, 6) is 0. The molecular weight excluding hydrogens is 849 g/mol. The van der Waals surface area contributed by atoms with E-state index < -0.39 is 34.8 Å². The number of anilines is 2. The zero-order valence-electron chi connectivity index (χ0n) is 34.3. The summed E-state index contributed by atoms with van der Waals surface area (Å²) in [4.78, 5) is 26.6. The van der Waals surface area contributed by atoms with Gasteiger partial charge in [0.25, 0.3) is 11.4 Å². The quantitative estimate of drug-likeness (QED) is 0.0197. The Bertz CT molecular complexity index is 1940. The molecule has 0 fully saturated rings. The topological polar surface area (TPSA) is 245 Å². The van der Waals surface area contributed by atoms with Crippen LogP contribution in [0, 0.1) is 20.2 Å². The number of ether oxygens (including phenoxy) is 2. The molecule has 3 atom stereocenters. The van der Waals surface area contributed by atoms with Gasteiger partial charge in [-0.2, -0.15) is 10.2 Å². The minimum Gasteiger partial charge on any atom is -0.394 e. The molecule has 4 aromatic carbocycles. The van der Waals surface area contributed by atoms with Crippen LogP contribution in [0.3, 0.4) is 0 Å². The standard InChI is InChI=1S/C41H51Cl2N9O10/c1-3-49(31-9-5-29(6-10-31)44-46-40-15-13-33(51(57)58)21-38(40)42)17-19-61-27-36(55)24-48(23-35(54)26-53)25-37(56)28-62-20-18-50(4-2)32-11-7-30(8-12-32)45-47-41-16-14-34(52(59)60)22-39(41)43/h5-16,21-22,35-37,53-56H,3-4,17-20,23-28H2,1-2H3/b46-44+,47-45+. The summed E-state index contributed by atoms with van der Waals surface area (Å²) >= 11 is 12.2. The monoisotopic (exact) mass is 899 g/mol. The normalized spacial score (nSPS) is 13.2. The van der Waals surface area contributed by atoms with Crippen molar-refractivity contribution >= 4 is 68.7 Å². The lowest BCUT2D eigenvalue weighted by Crippen LogP contribution is -2.45. The van der Waals surface area contributed by atoms with Crippen molar-refractivity contribution in [1.29, 1.82) is 0 Å². The van der Waals surface area contributed by atoms with Gasteiger partial charge in [-0.15, -0.1) is 10.2 Å². The molecule has 4 aromatic rings. The van der Waals surface area contributed by atoms with Gasteiger partial charge in [0, 0.05) is 81.5 Å². The predicted octanol–water partition coefficient (Wildman–Crippen LogP) is 7.40. The highest BCUT2D eigenvalue weighted by Crippen LogP contribution is 2.32. The lowest BCUT2D eigenvalue weighted by molar-refractivity contribution is -0.385. The summed E-state index contributed by atoms with van der Waals surface area (Å²) in [6.07, 6.45) is -2.96. The number of non-ortho nitro benzene ring substituents is 2. The van der Waals surface area contributed by atoms with Crippen LogP contribution in [0.25, 0.3) is 0 Å². The van der Waals surface area contributed by atoms with E-state index in [1.54, 1.807) is 29.2 Å². The average molecular weight is 901 g/mol. The highest BCUT2D eigenvalue weighted by molar-refractivity contribution is 6.33. The van der Waals surface area contributed by atoms with Crippen LogP contribution in [-0.4, -0.2) is 132 Å². The van der Waals surface area contributed by atoms with Crippen LogP contribution in [0.5, 0.6) is 0 Å². The van der Waals surface area contributed by atoms with E-state index in [4.69, 9.17) is 32.7 Å². The van der Waals surface area contributed by atoms with Crippen molar-refractivity contribution in [2.24, 2.45) is 20.5 Å². The lowest BCUT2D eigenvalue weighted by Gasteiger charge is -2.29. The van der Waals surface area contributed by atoms with Gasteiger partial charge in [0.2, 0.25) is 0 Å². The summed E-state index contributed by atoms with van der Waals surface area (Å²) in [5, 5.41) is 79.9. The SMILES string of the molecule is CCN(CCOCC(O)CN(CC(O)CO)CC(O)COCCN(CC)c1ccc(/N=N/c2ccc([N+](=O)[O-])cc2Cl)cc1)c1ccc(/N=N/c2ccc([N+](=O)[O-])cc2Cl)cc1. The Labute approximate surface area is 368 Å². The molecule has 0 aliphatic carbocycles. The van der Waals surface area contributed by atoms with E-state index in [1.807, 2.05) is 38.1 Å². The maximum absolute atomic E-state index is 10.9. The molecular formula is C41H51Cl2N9O10. The first kappa shape index (κ1) is 49.4. The largest absolute Gasteiger partial charge is 0.394 e. The first-order valence-corrected chi connectivity index (χ1v) is 20.5. The summed E-state index contributed by atoms with van der Waals surface area (Å²) < 4.78 is 11.6. The van der Waals surface area contributed by atoms with E-state index in [1.165, 1.54) is 36.4 Å². The third-order valence-corrected chi connectivity index (χ3v) is 9.88. The van der Waals surface area contributed by atoms with Crippen LogP contribution in [0.4, 0.5) is 45.5 Å². The Morgan fingerprint density at radius 1 is 0.613 bits per heavy atom. The number of halogens is 2. The van der Waals surface area contributed by atoms with Crippen LogP contribution < -0.4 is 9.80 Å². The number of benzene rings is 4. The van der Waals surface area contributed by atoms with Crippen molar-refractivity contribution in [3.8, 4) is 0 Å². The van der Waals surface area contributed by atoms with Gasteiger partial charge in [-0.05, 0) is 74.5 Å². The van der Waals surface area contributed by atoms with Crippen LogP contribution in [0.1, 0.15) is 13.8 Å². The van der Waals surface area contributed by atoms with Crippen LogP contribution >= 0.6 is 23.2 Å². The van der Waals surface area contributed by atoms with Gasteiger partial charge in [-0.3, -0.25) is 25.1 Å². The summed E-state index contributed by atoms with van der Waals surface area (Å²) in [6.45, 7) is 6.74. The molecule has 0 radical (unpaired) electrons. The molecule has 0 bridgehead atoms. The number of nitro benzene ring substituents is 2. The molecule has 0 spiro atoms. The number of aliphatic hydroxyl groups is 4. The van der Waals surface area contributed by atoms with E-state index in [2.05, 4.69) is 30.3 Å². The Kier molecular flexibility index (Phi) is 20.5. The molecule has 0 aliphatic heterocycles. The first-order chi connectivity index (χ1) is 29.8. The fourth-order valence-corrected chi connectivity index (χ4v) is 6.50. The number of aliphatic hydroxyl groups excluding tert-OH is 4. The van der Waals surface area contributed by atoms with Gasteiger partial charge in [0.05, 0.1) is 82.6 Å². The molecule has 0 amide bonds. The van der Waals surface area contributed by atoms with Crippen molar-refractivity contribution in [2.75, 3.05) is 88.6 Å². The van der Waals surface area contributed by atoms with Crippen molar-refractivity contribution < 1.29 is 39.7 Å². The van der Waals surface area contributed by atoms with Gasteiger partial charge in [-0.1, -0.05) is 23.2 Å². The van der Waals surface area contributed by atoms with E-state index in [9.17, 15) is 40.7 Å². The van der Waals surface area contributed by atoms with Crippen molar-refractivity contribution in [3.63, 3.8) is 0 Å². The number of hydrogen-bond acceptors (Lipinski definition) is 17. The third kappa shape index (κ3) is 16.2. The van der Waals surface area contributed by atoms with Gasteiger partial charge in [-0.25, -0.2) is 0 Å². The molecule has 19 nitrogen and oxygen atoms in total. The van der Waals surface area contributed by atoms with E-state index in [0.29, 0.717) is 62.1 Å². The molecule has 0 heterocycles. The molecule has 334 valence electrons. The highest BCUT2D eigenvalue weighted by atomic mass is 35.5. The molecule has 0 saturated carbocycles. The number of hydrogen-bond donors (Lipinski definition) is 4. The molecule has 0 aliphatic rings. The fourth-order valence-electron chi connectivity index (χ4n) is 6.07. The molecule has 4 N–H and O–H groups in total. The maximum atomic E-state index is 10.9. The van der Waals surface area contributed by atoms with Crippen LogP contribution in [-0.2, 0) is 9.47 Å². The van der Waals surface area contributed by atoms with E-state index in [0.717, 1.165) is 11.4 Å². The predicted molar refractivity (Wildman–Crippen MR) is 236 cm³/mol. The Morgan fingerprint density at radius 2 is 1.00 bits per heavy atom. The zero-order valence-corrected chi connectivity index (χ0v) is 35.8. The second-order valence-electron chi connectivity index (χ2n) is 13.9. The second kappa shape index (κ2) is 25.7. The average Bonchev–Trinajstić information content (AvgIpc) is 3.26. The van der Waals surface area contributed by atoms with Crippen molar-refractivity contribution in [1.82, 2.24) is 4.90 Å². The number of rotatable bonds is 27. The minimum atomic E-state index is -1.08. The number of nitro groups is 2. The van der Waals surface area contributed by atoms with Gasteiger partial charge in [0.1, 0.15) is 11.4 Å². The molecule has 3 unspecified atom stereocenters. The summed E-state index contributed by atoms with van der Waals surface area (Å²) in [7, 11) is 0. The number of nitrogens with zero attached hydrogens (tertiary/aromatic N) is 9. The third-order valence-electron chi connectivity index (χ3n) is 9.27. The molecule has 0 saturated heterocycles. The molecule has 62 heavy (non-hydrogen) atoms. The maximum Gasteiger partial charge on any atom is 0.271 e. The van der Waals surface area contributed by atoms with Gasteiger partial charge >= 0.3 is 0 Å². The lowest BCUT2D eigenvalue weighted by atomic mass is 10.2. The number of likely N-dealkylation sites (N-methyl/N-ethyl adjacent to an activating group) is 2. The smallest absolute Gasteiger partial charge is 0.271 e. The Hall–Kier alpha value is -5.22. The first-order valence-electron chi connectivity index (χ1n) is 19.7. The van der Waals surface area contributed by atoms with E-state index >= 15 is 0 Å². The van der Waals surface area contributed by atoms with Crippen molar-refractivity contribution in [2.45, 2.75) is 32.2 Å². The van der Waals surface area contributed by atoms with Crippen LogP contribution in [0.15, 0.2) is 105 Å². The zero-order chi connectivity index (χ0) is 45.0. The summed E-state index contributed by atoms with van der Waals surface area (Å²) in [6, 6.07) is 22.6. The van der Waals surface area contributed by atoms with Crippen molar-refractivity contribution in [3.05, 3.63) is 115 Å². The summed E-state index contributed by atoms with van der Waals surface area (Å²) in [5.41, 5.74) is 3.29. The molecule has 4 rings (SSSR count). The minimum absolute atomic E-state index is 0.00518. The highest BCUT2D eigenvalue weighted by Gasteiger charge is 2.20. The Morgan fingerprint density at radius 3 is 1.34 bits per heavy atom. The second-order valence-corrected chi connectivity index (χ2v) is 14.7. The van der Waals surface area contributed by atoms with Crippen LogP contribution in [0.2, 0.25) is 10.0 Å². The van der Waals surface area contributed by atoms with Gasteiger partial charge in [0.15, 0.2) is 0 Å². The Balaban J connectivity index is 1.18. The molecule has 0 aromatic heterocycles. The fraction of sp³-hybridized carbons (Fsp3) is 0.415.